The van der Waals surface area contributed by atoms with E-state index in [1.165, 1.54) is 5.39 Å². The van der Waals surface area contributed by atoms with Crippen molar-refractivity contribution in [1.82, 2.24) is 0 Å². The Balaban J connectivity index is 2.89. The van der Waals surface area contributed by atoms with Gasteiger partial charge in [-0.3, -0.25) is 0 Å². The first-order valence-electron chi connectivity index (χ1n) is 4.79. The monoisotopic (exact) mass is 186 g/mol. The Bertz CT molecular complexity index is 475. The minimum absolute atomic E-state index is 0.681. The second-order valence-electron chi connectivity index (χ2n) is 3.43. The molecule has 2 aromatic carbocycles. The Morgan fingerprint density at radius 2 is 1.86 bits per heavy atom. The highest BCUT2D eigenvalue weighted by atomic mass is 14.7. The lowest BCUT2D eigenvalue weighted by Crippen LogP contribution is -2.00. The van der Waals surface area contributed by atoms with E-state index in [4.69, 9.17) is 11.5 Å². The molecule has 0 fully saturated rings. The van der Waals surface area contributed by atoms with E-state index < -0.39 is 0 Å². The van der Waals surface area contributed by atoms with E-state index in [0.29, 0.717) is 5.69 Å². The third-order valence-electron chi connectivity index (χ3n) is 2.59. The molecule has 0 saturated heterocycles. The number of nitrogens with two attached hydrogens (primary N) is 2. The molecule has 0 bridgehead atoms. The van der Waals surface area contributed by atoms with Gasteiger partial charge < -0.3 is 11.5 Å². The average Bonchev–Trinajstić information content (AvgIpc) is 2.20. The Morgan fingerprint density at radius 1 is 1.14 bits per heavy atom. The molecule has 0 aliphatic rings. The third kappa shape index (κ3) is 1.20. The van der Waals surface area contributed by atoms with Crippen molar-refractivity contribution in [3.63, 3.8) is 0 Å². The van der Waals surface area contributed by atoms with Gasteiger partial charge in [-0.1, -0.05) is 31.2 Å². The third-order valence-corrected chi connectivity index (χ3v) is 2.59. The van der Waals surface area contributed by atoms with Gasteiger partial charge in [0, 0.05) is 0 Å². The number of fused-ring (bicyclic) bond motifs is 1. The summed E-state index contributed by atoms with van der Waals surface area (Å²) in [6.07, 6.45) is 0.914. The molecular formula is C12H14N2. The van der Waals surface area contributed by atoms with Gasteiger partial charge in [0.1, 0.15) is 0 Å². The summed E-state index contributed by atoms with van der Waals surface area (Å²) in [6.45, 7) is 2.09. The van der Waals surface area contributed by atoms with Crippen molar-refractivity contribution in [3.8, 4) is 0 Å². The minimum Gasteiger partial charge on any atom is -0.397 e. The Kier molecular flexibility index (Phi) is 2.04. The first-order valence-corrected chi connectivity index (χ1v) is 4.79. The molecule has 0 atom stereocenters. The second kappa shape index (κ2) is 3.22. The molecule has 2 nitrogen and oxygen atoms in total. The molecule has 2 aromatic rings. The van der Waals surface area contributed by atoms with E-state index >= 15 is 0 Å². The van der Waals surface area contributed by atoms with E-state index in [0.717, 1.165) is 23.1 Å². The van der Waals surface area contributed by atoms with Crippen LogP contribution in [0.25, 0.3) is 10.8 Å². The van der Waals surface area contributed by atoms with Crippen LogP contribution in [0.1, 0.15) is 12.5 Å². The SMILES string of the molecule is CCc1c(N)c(N)cc2ccccc12. The topological polar surface area (TPSA) is 52.0 Å². The first-order chi connectivity index (χ1) is 6.74. The summed E-state index contributed by atoms with van der Waals surface area (Å²) in [5.41, 5.74) is 14.3. The van der Waals surface area contributed by atoms with Gasteiger partial charge in [-0.25, -0.2) is 0 Å². The fraction of sp³-hybridized carbons (Fsp3) is 0.167. The molecule has 0 radical (unpaired) electrons. The normalized spacial score (nSPS) is 10.6. The van der Waals surface area contributed by atoms with Crippen LogP contribution >= 0.6 is 0 Å². The molecule has 0 aliphatic heterocycles. The minimum atomic E-state index is 0.681. The van der Waals surface area contributed by atoms with Crippen LogP contribution in [-0.4, -0.2) is 0 Å². The number of benzene rings is 2. The van der Waals surface area contributed by atoms with E-state index in [1.54, 1.807) is 0 Å². The molecule has 0 amide bonds. The van der Waals surface area contributed by atoms with E-state index in [9.17, 15) is 0 Å². The lowest BCUT2D eigenvalue weighted by atomic mass is 10.00. The smallest absolute Gasteiger partial charge is 0.0586 e. The molecular weight excluding hydrogens is 172 g/mol. The highest BCUT2D eigenvalue weighted by molar-refractivity contribution is 5.94. The van der Waals surface area contributed by atoms with Crippen LogP contribution in [0.4, 0.5) is 11.4 Å². The molecule has 0 aliphatic carbocycles. The molecule has 4 N–H and O–H groups in total. The van der Waals surface area contributed by atoms with Crippen molar-refractivity contribution in [2.75, 3.05) is 11.5 Å². The van der Waals surface area contributed by atoms with Crippen LogP contribution in [0, 0.1) is 0 Å². The summed E-state index contributed by atoms with van der Waals surface area (Å²) < 4.78 is 0. The predicted molar refractivity (Wildman–Crippen MR) is 62.2 cm³/mol. The summed E-state index contributed by atoms with van der Waals surface area (Å²) >= 11 is 0. The maximum Gasteiger partial charge on any atom is 0.0586 e. The number of hydrogen-bond acceptors (Lipinski definition) is 2. The summed E-state index contributed by atoms with van der Waals surface area (Å²) in [4.78, 5) is 0. The van der Waals surface area contributed by atoms with Crippen LogP contribution < -0.4 is 11.5 Å². The fourth-order valence-electron chi connectivity index (χ4n) is 1.84. The van der Waals surface area contributed by atoms with Crippen molar-refractivity contribution < 1.29 is 0 Å². The van der Waals surface area contributed by atoms with Crippen LogP contribution in [0.5, 0.6) is 0 Å². The molecule has 0 heterocycles. The molecule has 2 heteroatoms. The molecule has 14 heavy (non-hydrogen) atoms. The van der Waals surface area contributed by atoms with Crippen molar-refractivity contribution >= 4 is 22.1 Å². The summed E-state index contributed by atoms with van der Waals surface area (Å²) in [6, 6.07) is 10.1. The van der Waals surface area contributed by atoms with Crippen molar-refractivity contribution in [3.05, 3.63) is 35.9 Å². The van der Waals surface area contributed by atoms with Gasteiger partial charge in [0.25, 0.3) is 0 Å². The predicted octanol–water partition coefficient (Wildman–Crippen LogP) is 2.57. The van der Waals surface area contributed by atoms with Gasteiger partial charge >= 0.3 is 0 Å². The lowest BCUT2D eigenvalue weighted by Gasteiger charge is -2.10. The van der Waals surface area contributed by atoms with E-state index in [-0.39, 0.29) is 0 Å². The zero-order chi connectivity index (χ0) is 10.1. The summed E-state index contributed by atoms with van der Waals surface area (Å²) in [5.74, 6) is 0. The molecule has 0 saturated carbocycles. The van der Waals surface area contributed by atoms with Crippen LogP contribution in [0.2, 0.25) is 0 Å². The van der Waals surface area contributed by atoms with Gasteiger partial charge in [-0.15, -0.1) is 0 Å². The zero-order valence-electron chi connectivity index (χ0n) is 8.25. The standard InChI is InChI=1S/C12H14N2/c1-2-9-10-6-4-3-5-8(10)7-11(13)12(9)14/h3-7H,2,13-14H2,1H3. The van der Waals surface area contributed by atoms with E-state index in [1.807, 2.05) is 18.2 Å². The molecule has 0 spiro atoms. The molecule has 0 aromatic heterocycles. The Hall–Kier alpha value is -1.70. The molecule has 2 rings (SSSR count). The summed E-state index contributed by atoms with van der Waals surface area (Å²) in [7, 11) is 0. The van der Waals surface area contributed by atoms with Gasteiger partial charge in [0.05, 0.1) is 11.4 Å². The van der Waals surface area contributed by atoms with Crippen LogP contribution in [0.3, 0.4) is 0 Å². The number of nitrogen functional groups attached to an aromatic ring is 2. The maximum absolute atomic E-state index is 5.93. The second-order valence-corrected chi connectivity index (χ2v) is 3.43. The zero-order valence-corrected chi connectivity index (χ0v) is 8.25. The van der Waals surface area contributed by atoms with Crippen molar-refractivity contribution in [2.45, 2.75) is 13.3 Å². The number of anilines is 2. The first kappa shape index (κ1) is 8.88. The number of rotatable bonds is 1. The highest BCUT2D eigenvalue weighted by Gasteiger charge is 2.06. The fourth-order valence-corrected chi connectivity index (χ4v) is 1.84. The van der Waals surface area contributed by atoms with Gasteiger partial charge in [0.15, 0.2) is 0 Å². The van der Waals surface area contributed by atoms with Crippen LogP contribution in [0.15, 0.2) is 30.3 Å². The molecule has 0 unspecified atom stereocenters. The Labute approximate surface area is 83.5 Å². The maximum atomic E-state index is 5.93. The highest BCUT2D eigenvalue weighted by Crippen LogP contribution is 2.29. The van der Waals surface area contributed by atoms with Gasteiger partial charge in [-0.2, -0.15) is 0 Å². The number of aryl methyl sites for hydroxylation is 1. The van der Waals surface area contributed by atoms with Crippen molar-refractivity contribution in [2.24, 2.45) is 0 Å². The lowest BCUT2D eigenvalue weighted by molar-refractivity contribution is 1.16. The quantitative estimate of drug-likeness (QED) is 0.672. The summed E-state index contributed by atoms with van der Waals surface area (Å²) in [5, 5.41) is 2.37. The largest absolute Gasteiger partial charge is 0.397 e. The van der Waals surface area contributed by atoms with Crippen LogP contribution in [-0.2, 0) is 6.42 Å². The Morgan fingerprint density at radius 3 is 2.57 bits per heavy atom. The molecule has 72 valence electrons. The average molecular weight is 186 g/mol. The van der Waals surface area contributed by atoms with Crippen molar-refractivity contribution in [1.29, 1.82) is 0 Å². The van der Waals surface area contributed by atoms with Gasteiger partial charge in [0.2, 0.25) is 0 Å². The van der Waals surface area contributed by atoms with E-state index in [2.05, 4.69) is 19.1 Å². The van der Waals surface area contributed by atoms with Gasteiger partial charge in [-0.05, 0) is 28.8 Å². The number of hydrogen-bond donors (Lipinski definition) is 2.